The van der Waals surface area contributed by atoms with Crippen molar-refractivity contribution in [3.05, 3.63) is 179 Å². The molecule has 0 atom stereocenters. The van der Waals surface area contributed by atoms with Crippen molar-refractivity contribution < 1.29 is 0 Å². The van der Waals surface area contributed by atoms with Gasteiger partial charge in [-0.1, -0.05) is 136 Å². The summed E-state index contributed by atoms with van der Waals surface area (Å²) in [5.41, 5.74) is 20.7. The van der Waals surface area contributed by atoms with Crippen LogP contribution in [0.25, 0.3) is 10.1 Å². The molecule has 0 N–H and O–H groups in total. The highest BCUT2D eigenvalue weighted by molar-refractivity contribution is 7.33. The monoisotopic (exact) mass is 879 g/mol. The average Bonchev–Trinajstić information content (AvgIpc) is 3.66. The Bertz CT molecular complexity index is 3150. The van der Waals surface area contributed by atoms with Gasteiger partial charge in [0.1, 0.15) is 0 Å². The van der Waals surface area contributed by atoms with E-state index in [2.05, 4.69) is 243 Å². The molecule has 330 valence electrons. The molecule has 0 fully saturated rings. The molecule has 66 heavy (non-hydrogen) atoms. The van der Waals surface area contributed by atoms with Gasteiger partial charge in [-0.25, -0.2) is 0 Å². The van der Waals surface area contributed by atoms with E-state index >= 15 is 0 Å². The highest BCUT2D eigenvalue weighted by Crippen LogP contribution is 2.52. The summed E-state index contributed by atoms with van der Waals surface area (Å²) in [5.74, 6) is 0. The Labute approximate surface area is 397 Å². The second kappa shape index (κ2) is 15.0. The van der Waals surface area contributed by atoms with Crippen molar-refractivity contribution in [1.82, 2.24) is 0 Å². The molecule has 3 nitrogen and oxygen atoms in total. The summed E-state index contributed by atoms with van der Waals surface area (Å²) in [6.07, 6.45) is 2.37. The Hall–Kier alpha value is -6.04. The molecule has 2 aliphatic heterocycles. The van der Waals surface area contributed by atoms with Crippen LogP contribution in [0.1, 0.15) is 110 Å². The van der Waals surface area contributed by atoms with E-state index in [1.165, 1.54) is 101 Å². The van der Waals surface area contributed by atoms with Gasteiger partial charge in [0.15, 0.2) is 0 Å². The average molecular weight is 880 g/mol. The predicted octanol–water partition coefficient (Wildman–Crippen LogP) is 15.7. The molecular formula is C61H62BN3S. The Balaban J connectivity index is 1.22. The van der Waals surface area contributed by atoms with Gasteiger partial charge in [0.25, 0.3) is 6.71 Å². The lowest BCUT2D eigenvalue weighted by molar-refractivity contribution is 0.332. The molecule has 8 aromatic rings. The van der Waals surface area contributed by atoms with Crippen molar-refractivity contribution in [2.45, 2.75) is 111 Å². The maximum absolute atomic E-state index is 2.67. The second-order valence-corrected chi connectivity index (χ2v) is 23.7. The lowest BCUT2D eigenvalue weighted by atomic mass is 9.36. The maximum Gasteiger partial charge on any atom is 0.264 e. The summed E-state index contributed by atoms with van der Waals surface area (Å²) in [6, 6.07) is 58.0. The zero-order valence-electron chi connectivity index (χ0n) is 40.7. The number of anilines is 9. The van der Waals surface area contributed by atoms with Crippen LogP contribution < -0.4 is 30.4 Å². The van der Waals surface area contributed by atoms with Crippen LogP contribution in [0.4, 0.5) is 51.2 Å². The third kappa shape index (κ3) is 6.83. The third-order valence-corrected chi connectivity index (χ3v) is 16.3. The van der Waals surface area contributed by atoms with Gasteiger partial charge < -0.3 is 14.7 Å². The van der Waals surface area contributed by atoms with Gasteiger partial charge in [-0.15, -0.1) is 11.3 Å². The Morgan fingerprint density at radius 3 is 1.73 bits per heavy atom. The summed E-state index contributed by atoms with van der Waals surface area (Å²) >= 11 is 1.99. The molecule has 0 bridgehead atoms. The highest BCUT2D eigenvalue weighted by Gasteiger charge is 2.46. The fourth-order valence-electron chi connectivity index (χ4n) is 11.2. The van der Waals surface area contributed by atoms with Crippen molar-refractivity contribution in [3.63, 3.8) is 0 Å². The first kappa shape index (κ1) is 42.6. The summed E-state index contributed by atoms with van der Waals surface area (Å²) in [5, 5.41) is 1.34. The minimum Gasteiger partial charge on any atom is -0.311 e. The number of hydrogen-bond donors (Lipinski definition) is 0. The van der Waals surface area contributed by atoms with Gasteiger partial charge in [-0.05, 0) is 165 Å². The van der Waals surface area contributed by atoms with Crippen LogP contribution in [0, 0.1) is 6.92 Å². The molecule has 1 aromatic heterocycles. The topological polar surface area (TPSA) is 9.72 Å². The fraction of sp³-hybridized carbons (Fsp3) is 0.279. The number of benzene rings is 7. The minimum absolute atomic E-state index is 0.00581. The molecule has 1 aliphatic carbocycles. The molecule has 3 heterocycles. The normalized spacial score (nSPS) is 15.8. The van der Waals surface area contributed by atoms with Crippen molar-refractivity contribution in [2.24, 2.45) is 0 Å². The van der Waals surface area contributed by atoms with Gasteiger partial charge in [0.05, 0.1) is 5.69 Å². The fourth-order valence-corrected chi connectivity index (χ4v) is 12.5. The van der Waals surface area contributed by atoms with Crippen molar-refractivity contribution in [1.29, 1.82) is 0 Å². The maximum atomic E-state index is 2.67. The Morgan fingerprint density at radius 2 is 1.11 bits per heavy atom. The molecular weight excluding hydrogens is 818 g/mol. The molecule has 0 saturated carbocycles. The highest BCUT2D eigenvalue weighted by atomic mass is 32.1. The predicted molar refractivity (Wildman–Crippen MR) is 288 cm³/mol. The van der Waals surface area contributed by atoms with Crippen molar-refractivity contribution in [2.75, 3.05) is 14.7 Å². The van der Waals surface area contributed by atoms with Crippen LogP contribution in [0.15, 0.2) is 152 Å². The van der Waals surface area contributed by atoms with E-state index in [0.29, 0.717) is 0 Å². The van der Waals surface area contributed by atoms with Gasteiger partial charge in [0, 0.05) is 60.4 Å². The van der Waals surface area contributed by atoms with Crippen LogP contribution in [0.2, 0.25) is 0 Å². The van der Waals surface area contributed by atoms with E-state index in [9.17, 15) is 0 Å². The van der Waals surface area contributed by atoms with Crippen LogP contribution >= 0.6 is 11.3 Å². The zero-order chi connectivity index (χ0) is 46.1. The number of thiophene rings is 1. The molecule has 0 radical (unpaired) electrons. The summed E-state index contributed by atoms with van der Waals surface area (Å²) in [6.45, 7) is 26.0. The summed E-state index contributed by atoms with van der Waals surface area (Å²) in [7, 11) is 0. The number of rotatable bonds is 5. The molecule has 11 rings (SSSR count). The van der Waals surface area contributed by atoms with E-state index in [1.807, 2.05) is 11.3 Å². The van der Waals surface area contributed by atoms with Crippen LogP contribution in [-0.2, 0) is 21.7 Å². The van der Waals surface area contributed by atoms with E-state index in [-0.39, 0.29) is 28.4 Å². The van der Waals surface area contributed by atoms with E-state index < -0.39 is 0 Å². The van der Waals surface area contributed by atoms with Crippen molar-refractivity contribution in [3.8, 4) is 0 Å². The van der Waals surface area contributed by atoms with Crippen LogP contribution in [0.5, 0.6) is 0 Å². The van der Waals surface area contributed by atoms with Gasteiger partial charge in [-0.2, -0.15) is 0 Å². The van der Waals surface area contributed by atoms with E-state index in [4.69, 9.17) is 0 Å². The van der Waals surface area contributed by atoms with Crippen LogP contribution in [-0.4, -0.2) is 6.71 Å². The standard InChI is InChI=1S/C61H62BN3S/c1-39-34-52-55-53(35-39)65(45-27-29-48-49(37-45)61(10,11)33-32-60(48,8)9)56-47-36-41(59(5,6)7)24-31-54(47)66-57(56)62(55)50-30-28-46(63(42-18-14-12-15-19-42)43-20-16-13-17-21-43)38-51(50)64(52)44-25-22-40(23-26-44)58(2,3)4/h12-31,34-38H,32-33H2,1-11H3. The first-order valence-corrected chi connectivity index (χ1v) is 24.8. The number of nitrogens with zero attached hydrogens (tertiary/aromatic N) is 3. The largest absolute Gasteiger partial charge is 0.311 e. The molecule has 0 amide bonds. The molecule has 5 heteroatoms. The molecule has 3 aliphatic rings. The lowest BCUT2D eigenvalue weighted by Gasteiger charge is -2.45. The first-order valence-electron chi connectivity index (χ1n) is 24.0. The second-order valence-electron chi connectivity index (χ2n) is 22.6. The van der Waals surface area contributed by atoms with Gasteiger partial charge in [-0.3, -0.25) is 0 Å². The van der Waals surface area contributed by atoms with Crippen LogP contribution in [0.3, 0.4) is 0 Å². The Kier molecular flexibility index (Phi) is 9.67. The van der Waals surface area contributed by atoms with Crippen molar-refractivity contribution >= 4 is 95.0 Å². The number of fused-ring (bicyclic) bond motifs is 7. The number of para-hydroxylation sites is 2. The smallest absolute Gasteiger partial charge is 0.264 e. The molecule has 0 saturated heterocycles. The third-order valence-electron chi connectivity index (χ3n) is 15.0. The molecule has 0 spiro atoms. The van der Waals surface area contributed by atoms with E-state index in [0.717, 1.165) is 17.1 Å². The summed E-state index contributed by atoms with van der Waals surface area (Å²) in [4.78, 5) is 7.65. The quantitative estimate of drug-likeness (QED) is 0.160. The first-order chi connectivity index (χ1) is 31.4. The summed E-state index contributed by atoms with van der Waals surface area (Å²) < 4.78 is 2.74. The number of aryl methyl sites for hydroxylation is 1. The molecule has 7 aromatic carbocycles. The zero-order valence-corrected chi connectivity index (χ0v) is 41.5. The lowest BCUT2D eigenvalue weighted by Crippen LogP contribution is -2.60. The number of hydrogen-bond acceptors (Lipinski definition) is 4. The molecule has 0 unspecified atom stereocenters. The SMILES string of the molecule is Cc1cc2c3c(c1)N(c1ccc4c(c1)C(C)(C)CCC4(C)C)c1c(sc4ccc(C(C)(C)C)cc14)B3c1ccc(N(c3ccccc3)c3ccccc3)cc1N2c1ccc(C(C)(C)C)cc1. The van der Waals surface area contributed by atoms with Gasteiger partial charge in [0.2, 0.25) is 0 Å². The van der Waals surface area contributed by atoms with E-state index in [1.54, 1.807) is 0 Å². The Morgan fingerprint density at radius 1 is 0.530 bits per heavy atom. The van der Waals surface area contributed by atoms with Gasteiger partial charge >= 0.3 is 0 Å². The minimum atomic E-state index is 0.00581.